The molecule has 0 atom stereocenters. The lowest BCUT2D eigenvalue weighted by Crippen LogP contribution is -2.24. The average molecular weight is 354 g/mol. The van der Waals surface area contributed by atoms with Gasteiger partial charge in [0, 0.05) is 10.6 Å². The van der Waals surface area contributed by atoms with Crippen molar-refractivity contribution >= 4 is 34.8 Å². The monoisotopic (exact) mass is 354 g/mol. The van der Waals surface area contributed by atoms with Crippen LogP contribution in [0.5, 0.6) is 0 Å². The molecule has 1 N–H and O–H groups in total. The molecule has 2 nitrogen and oxygen atoms in total. The van der Waals surface area contributed by atoms with Crippen molar-refractivity contribution in [3.63, 3.8) is 0 Å². The van der Waals surface area contributed by atoms with E-state index in [2.05, 4.69) is 10.3 Å². The number of hydrogen-bond donors (Lipinski definition) is 1. The third kappa shape index (κ3) is 3.78. The topological polar surface area (TPSA) is 24.4 Å². The summed E-state index contributed by atoms with van der Waals surface area (Å²) in [7, 11) is 0. The van der Waals surface area contributed by atoms with Crippen molar-refractivity contribution in [2.75, 3.05) is 0 Å². The molecular formula is C19H16FN2PS. The summed E-state index contributed by atoms with van der Waals surface area (Å²) in [5.74, 6) is -0.265. The summed E-state index contributed by atoms with van der Waals surface area (Å²) in [4.78, 5) is 0. The number of hydrazone groups is 1. The van der Waals surface area contributed by atoms with Crippen LogP contribution in [-0.2, 0) is 11.8 Å². The molecule has 0 fully saturated rings. The molecule has 0 spiro atoms. The van der Waals surface area contributed by atoms with Gasteiger partial charge in [-0.3, -0.25) is 5.20 Å². The summed E-state index contributed by atoms with van der Waals surface area (Å²) >= 11 is 6.00. The second-order valence-electron chi connectivity index (χ2n) is 5.19. The highest BCUT2D eigenvalue weighted by atomic mass is 32.4. The maximum absolute atomic E-state index is 13.0. The van der Waals surface area contributed by atoms with Gasteiger partial charge in [-0.05, 0) is 17.7 Å². The fraction of sp³-hybridized carbons (Fsp3) is 0. The van der Waals surface area contributed by atoms with Gasteiger partial charge in [0.05, 0.1) is 6.21 Å². The van der Waals surface area contributed by atoms with Crippen LogP contribution < -0.4 is 15.8 Å². The summed E-state index contributed by atoms with van der Waals surface area (Å²) < 4.78 is 13.0. The van der Waals surface area contributed by atoms with Crippen LogP contribution in [0, 0.1) is 5.82 Å². The Morgan fingerprint density at radius 2 is 1.29 bits per heavy atom. The molecule has 0 aromatic heterocycles. The summed E-state index contributed by atoms with van der Waals surface area (Å²) in [5, 5.41) is 9.63. The van der Waals surface area contributed by atoms with Crippen molar-refractivity contribution in [3.05, 3.63) is 96.3 Å². The fourth-order valence-corrected chi connectivity index (χ4v) is 5.08. The van der Waals surface area contributed by atoms with Gasteiger partial charge in [-0.1, -0.05) is 84.6 Å². The van der Waals surface area contributed by atoms with E-state index in [0.717, 1.165) is 16.2 Å². The average Bonchev–Trinajstić information content (AvgIpc) is 2.65. The molecule has 24 heavy (non-hydrogen) atoms. The highest BCUT2D eigenvalue weighted by Crippen LogP contribution is 2.38. The third-order valence-electron chi connectivity index (χ3n) is 3.52. The van der Waals surface area contributed by atoms with Gasteiger partial charge >= 0.3 is 0 Å². The van der Waals surface area contributed by atoms with E-state index in [1.807, 2.05) is 60.7 Å². The first-order valence-corrected chi connectivity index (χ1v) is 10.3. The van der Waals surface area contributed by atoms with Crippen LogP contribution in [0.2, 0.25) is 0 Å². The second-order valence-corrected chi connectivity index (χ2v) is 9.28. The van der Waals surface area contributed by atoms with Crippen molar-refractivity contribution in [3.8, 4) is 0 Å². The first-order chi connectivity index (χ1) is 11.7. The number of hydrogen-bond acceptors (Lipinski definition) is 2. The Bertz CT molecular complexity index is 821. The molecule has 0 saturated carbocycles. The van der Waals surface area contributed by atoms with Gasteiger partial charge < -0.3 is 0 Å². The van der Waals surface area contributed by atoms with E-state index in [-0.39, 0.29) is 5.82 Å². The van der Waals surface area contributed by atoms with Crippen molar-refractivity contribution in [2.24, 2.45) is 5.10 Å². The number of nitrogens with zero attached hydrogens (tertiary/aromatic N) is 1. The van der Waals surface area contributed by atoms with E-state index >= 15 is 0 Å². The molecule has 0 amide bonds. The Balaban J connectivity index is 1.91. The predicted octanol–water partition coefficient (Wildman–Crippen LogP) is 3.79. The second kappa shape index (κ2) is 7.52. The van der Waals surface area contributed by atoms with Gasteiger partial charge in [-0.15, -0.1) is 0 Å². The Morgan fingerprint density at radius 3 is 1.79 bits per heavy atom. The van der Waals surface area contributed by atoms with Crippen LogP contribution in [0.25, 0.3) is 0 Å². The molecule has 3 rings (SSSR count). The number of rotatable bonds is 5. The van der Waals surface area contributed by atoms with Gasteiger partial charge in [-0.2, -0.15) is 5.10 Å². The zero-order chi connectivity index (χ0) is 16.8. The maximum Gasteiger partial charge on any atom is 0.123 e. The van der Waals surface area contributed by atoms with E-state index in [0.29, 0.717) is 0 Å². The minimum Gasteiger partial charge on any atom is -0.272 e. The zero-order valence-corrected chi connectivity index (χ0v) is 14.6. The summed E-state index contributed by atoms with van der Waals surface area (Å²) in [6.45, 7) is 0. The minimum absolute atomic E-state index is 0.265. The molecule has 0 aliphatic carbocycles. The Labute approximate surface area is 146 Å². The van der Waals surface area contributed by atoms with Crippen molar-refractivity contribution in [2.45, 2.75) is 0 Å². The smallest absolute Gasteiger partial charge is 0.123 e. The Kier molecular flexibility index (Phi) is 5.19. The van der Waals surface area contributed by atoms with Crippen LogP contribution in [0.1, 0.15) is 5.56 Å². The number of nitrogens with one attached hydrogen (secondary N) is 1. The normalized spacial score (nSPS) is 11.5. The zero-order valence-electron chi connectivity index (χ0n) is 12.8. The molecule has 3 aromatic carbocycles. The van der Waals surface area contributed by atoms with Gasteiger partial charge in [0.2, 0.25) is 0 Å². The maximum atomic E-state index is 13.0. The Hall–Kier alpha value is -2.29. The van der Waals surface area contributed by atoms with Gasteiger partial charge in [0.1, 0.15) is 12.0 Å². The van der Waals surface area contributed by atoms with Crippen molar-refractivity contribution in [1.29, 1.82) is 0 Å². The predicted molar refractivity (Wildman–Crippen MR) is 104 cm³/mol. The summed E-state index contributed by atoms with van der Waals surface area (Å²) in [6.07, 6.45) is -0.600. The van der Waals surface area contributed by atoms with Crippen molar-refractivity contribution in [1.82, 2.24) is 5.20 Å². The minimum atomic E-state index is -2.26. The lowest BCUT2D eigenvalue weighted by molar-refractivity contribution is 0.628. The molecule has 5 heteroatoms. The van der Waals surface area contributed by atoms with E-state index in [1.54, 1.807) is 18.3 Å². The summed E-state index contributed by atoms with van der Waals surface area (Å²) in [5.41, 5.74) is 0.812. The molecule has 0 unspecified atom stereocenters. The van der Waals surface area contributed by atoms with Gasteiger partial charge in [0.15, 0.2) is 0 Å². The molecule has 3 aromatic rings. The van der Waals surface area contributed by atoms with E-state index in [4.69, 9.17) is 11.8 Å². The lowest BCUT2D eigenvalue weighted by atomic mass is 10.2. The quantitative estimate of drug-likeness (QED) is 0.428. The molecule has 0 aliphatic rings. The van der Waals surface area contributed by atoms with E-state index in [1.165, 1.54) is 12.1 Å². The molecule has 0 heterocycles. The molecular weight excluding hydrogens is 338 g/mol. The van der Waals surface area contributed by atoms with E-state index < -0.39 is 6.19 Å². The number of halogens is 1. The van der Waals surface area contributed by atoms with Crippen LogP contribution in [-0.4, -0.2) is 6.21 Å². The van der Waals surface area contributed by atoms with Gasteiger partial charge in [-0.25, -0.2) is 4.39 Å². The largest absolute Gasteiger partial charge is 0.272 e. The molecule has 0 saturated heterocycles. The van der Waals surface area contributed by atoms with Gasteiger partial charge in [0.25, 0.3) is 0 Å². The van der Waals surface area contributed by atoms with Crippen LogP contribution in [0.15, 0.2) is 90.0 Å². The molecule has 0 radical (unpaired) electrons. The Morgan fingerprint density at radius 1 is 0.792 bits per heavy atom. The molecule has 0 aliphatic heterocycles. The third-order valence-corrected chi connectivity index (χ3v) is 7.48. The SMILES string of the molecule is Fc1ccc(/C=N/NP(=S)(c2ccccc2)c2ccccc2)cc1. The highest BCUT2D eigenvalue weighted by Gasteiger charge is 2.21. The lowest BCUT2D eigenvalue weighted by Gasteiger charge is -2.22. The highest BCUT2D eigenvalue weighted by molar-refractivity contribution is 8.20. The number of benzene rings is 3. The van der Waals surface area contributed by atoms with Crippen LogP contribution in [0.3, 0.4) is 0 Å². The van der Waals surface area contributed by atoms with Crippen LogP contribution >= 0.6 is 6.19 Å². The van der Waals surface area contributed by atoms with Crippen LogP contribution in [0.4, 0.5) is 4.39 Å². The molecule has 0 bridgehead atoms. The van der Waals surface area contributed by atoms with E-state index in [9.17, 15) is 4.39 Å². The summed E-state index contributed by atoms with van der Waals surface area (Å²) in [6, 6.07) is 26.1. The first kappa shape index (κ1) is 16.6. The van der Waals surface area contributed by atoms with Crippen molar-refractivity contribution < 1.29 is 4.39 Å². The fourth-order valence-electron chi connectivity index (χ4n) is 2.27. The molecule has 120 valence electrons. The first-order valence-electron chi connectivity index (χ1n) is 7.46. The standard InChI is InChI=1S/C19H16FN2PS/c20-17-13-11-16(12-14-17)15-21-22-23(24,18-7-3-1-4-8-18)19-9-5-2-6-10-19/h1-15H,(H,22,24)/b21-15+.